The Bertz CT molecular complexity index is 272. The fourth-order valence-electron chi connectivity index (χ4n) is 1.24. The van der Waals surface area contributed by atoms with Gasteiger partial charge in [-0.05, 0) is 25.3 Å². The minimum Gasteiger partial charge on any atom is -0.357 e. The zero-order valence-electron chi connectivity index (χ0n) is 9.42. The van der Waals surface area contributed by atoms with Crippen LogP contribution in [0.4, 0.5) is 0 Å². The summed E-state index contributed by atoms with van der Waals surface area (Å²) in [7, 11) is 0. The Morgan fingerprint density at radius 1 is 1.33 bits per heavy atom. The molecule has 4 heteroatoms. The molecule has 0 aliphatic rings. The topological polar surface area (TPSA) is 36.4 Å². The molecule has 0 aliphatic carbocycles. The lowest BCUT2D eigenvalue weighted by Crippen LogP contribution is -2.37. The molecular formula is C11H19N3S. The van der Waals surface area contributed by atoms with Crippen molar-refractivity contribution in [1.82, 2.24) is 10.6 Å². The fourth-order valence-corrected chi connectivity index (χ4v) is 1.94. The van der Waals surface area contributed by atoms with Gasteiger partial charge >= 0.3 is 0 Å². The standard InChI is InChI=1S/C11H19N3S/c1-3-12-11(13-4-2)14-8-7-10-6-5-9-15-10/h5-6,9H,3-4,7-8H2,1-2H3,(H2,12,13,14). The Kier molecular flexibility index (Phi) is 5.85. The summed E-state index contributed by atoms with van der Waals surface area (Å²) in [6, 6.07) is 4.24. The normalized spacial score (nSPS) is 9.73. The van der Waals surface area contributed by atoms with Gasteiger partial charge in [-0.3, -0.25) is 4.99 Å². The van der Waals surface area contributed by atoms with E-state index in [1.54, 1.807) is 11.3 Å². The van der Waals surface area contributed by atoms with Crippen LogP contribution in [0.2, 0.25) is 0 Å². The zero-order valence-corrected chi connectivity index (χ0v) is 10.2. The highest BCUT2D eigenvalue weighted by Crippen LogP contribution is 2.08. The first kappa shape index (κ1) is 12.0. The molecule has 1 heterocycles. The van der Waals surface area contributed by atoms with Crippen molar-refractivity contribution in [3.63, 3.8) is 0 Å². The summed E-state index contributed by atoms with van der Waals surface area (Å²) < 4.78 is 0. The van der Waals surface area contributed by atoms with Gasteiger partial charge in [0.05, 0.1) is 0 Å². The van der Waals surface area contributed by atoms with Crippen LogP contribution in [0.25, 0.3) is 0 Å². The second-order valence-electron chi connectivity index (χ2n) is 3.12. The van der Waals surface area contributed by atoms with E-state index >= 15 is 0 Å². The Morgan fingerprint density at radius 2 is 2.07 bits per heavy atom. The molecule has 0 unspecified atom stereocenters. The highest BCUT2D eigenvalue weighted by molar-refractivity contribution is 7.09. The first-order valence-corrected chi connectivity index (χ1v) is 6.29. The van der Waals surface area contributed by atoms with Gasteiger partial charge < -0.3 is 10.6 Å². The summed E-state index contributed by atoms with van der Waals surface area (Å²) in [5.74, 6) is 0.913. The molecule has 0 fully saturated rings. The summed E-state index contributed by atoms with van der Waals surface area (Å²) in [5, 5.41) is 8.52. The van der Waals surface area contributed by atoms with Crippen molar-refractivity contribution in [2.24, 2.45) is 4.99 Å². The van der Waals surface area contributed by atoms with Crippen LogP contribution >= 0.6 is 11.3 Å². The fraction of sp³-hybridized carbons (Fsp3) is 0.545. The molecule has 15 heavy (non-hydrogen) atoms. The molecule has 0 amide bonds. The Balaban J connectivity index is 2.32. The van der Waals surface area contributed by atoms with E-state index in [-0.39, 0.29) is 0 Å². The summed E-state index contributed by atoms with van der Waals surface area (Å²) in [6.45, 7) is 6.81. The average molecular weight is 225 g/mol. The number of aliphatic imine (C=N–C) groups is 1. The van der Waals surface area contributed by atoms with E-state index in [1.807, 2.05) is 0 Å². The van der Waals surface area contributed by atoms with E-state index in [2.05, 4.69) is 47.0 Å². The molecule has 1 aromatic heterocycles. The van der Waals surface area contributed by atoms with Crippen molar-refractivity contribution in [2.75, 3.05) is 19.6 Å². The number of nitrogens with zero attached hydrogens (tertiary/aromatic N) is 1. The molecule has 0 spiro atoms. The summed E-state index contributed by atoms with van der Waals surface area (Å²) in [5.41, 5.74) is 0. The Hall–Kier alpha value is -1.03. The quantitative estimate of drug-likeness (QED) is 0.593. The first-order chi connectivity index (χ1) is 7.36. The molecule has 0 aromatic carbocycles. The highest BCUT2D eigenvalue weighted by Gasteiger charge is 1.95. The average Bonchev–Trinajstić information content (AvgIpc) is 2.71. The Labute approximate surface area is 95.6 Å². The predicted octanol–water partition coefficient (Wildman–Crippen LogP) is 1.87. The van der Waals surface area contributed by atoms with E-state index < -0.39 is 0 Å². The molecule has 0 atom stereocenters. The van der Waals surface area contributed by atoms with Gasteiger partial charge in [0.15, 0.2) is 5.96 Å². The maximum Gasteiger partial charge on any atom is 0.191 e. The number of hydrogen-bond donors (Lipinski definition) is 2. The molecule has 84 valence electrons. The molecule has 0 radical (unpaired) electrons. The van der Waals surface area contributed by atoms with E-state index in [1.165, 1.54) is 4.88 Å². The number of thiophene rings is 1. The predicted molar refractivity (Wildman–Crippen MR) is 67.7 cm³/mol. The van der Waals surface area contributed by atoms with Crippen molar-refractivity contribution in [1.29, 1.82) is 0 Å². The van der Waals surface area contributed by atoms with Crippen LogP contribution in [0.3, 0.4) is 0 Å². The van der Waals surface area contributed by atoms with Crippen LogP contribution in [-0.4, -0.2) is 25.6 Å². The lowest BCUT2D eigenvalue weighted by molar-refractivity contribution is 0.835. The lowest BCUT2D eigenvalue weighted by atomic mass is 10.3. The third kappa shape index (κ3) is 4.83. The van der Waals surface area contributed by atoms with Crippen LogP contribution in [0.15, 0.2) is 22.5 Å². The summed E-state index contributed by atoms with van der Waals surface area (Å²) in [6.07, 6.45) is 1.03. The van der Waals surface area contributed by atoms with Gasteiger partial charge in [0.25, 0.3) is 0 Å². The van der Waals surface area contributed by atoms with Crippen LogP contribution in [0.1, 0.15) is 18.7 Å². The summed E-state index contributed by atoms with van der Waals surface area (Å²) in [4.78, 5) is 5.87. The van der Waals surface area contributed by atoms with Crippen molar-refractivity contribution in [3.8, 4) is 0 Å². The largest absolute Gasteiger partial charge is 0.357 e. The van der Waals surface area contributed by atoms with Crippen molar-refractivity contribution >= 4 is 17.3 Å². The smallest absolute Gasteiger partial charge is 0.191 e. The van der Waals surface area contributed by atoms with E-state index in [0.717, 1.165) is 32.0 Å². The van der Waals surface area contributed by atoms with Gasteiger partial charge in [-0.2, -0.15) is 0 Å². The minimum atomic E-state index is 0.843. The van der Waals surface area contributed by atoms with Crippen LogP contribution in [0, 0.1) is 0 Å². The van der Waals surface area contributed by atoms with Crippen molar-refractivity contribution in [2.45, 2.75) is 20.3 Å². The molecule has 0 bridgehead atoms. The van der Waals surface area contributed by atoms with Gasteiger partial charge in [-0.1, -0.05) is 6.07 Å². The van der Waals surface area contributed by atoms with Crippen LogP contribution < -0.4 is 10.6 Å². The minimum absolute atomic E-state index is 0.843. The number of guanidine groups is 1. The monoisotopic (exact) mass is 225 g/mol. The zero-order chi connectivity index (χ0) is 10.9. The van der Waals surface area contributed by atoms with Gasteiger partial charge in [-0.15, -0.1) is 11.3 Å². The number of nitrogens with one attached hydrogen (secondary N) is 2. The highest BCUT2D eigenvalue weighted by atomic mass is 32.1. The maximum atomic E-state index is 4.48. The number of rotatable bonds is 5. The second-order valence-corrected chi connectivity index (χ2v) is 4.15. The van der Waals surface area contributed by atoms with E-state index in [4.69, 9.17) is 0 Å². The Morgan fingerprint density at radius 3 is 2.60 bits per heavy atom. The third-order valence-corrected chi connectivity index (χ3v) is 2.83. The molecule has 0 saturated heterocycles. The SMILES string of the molecule is CCNC(=NCCc1cccs1)NCC. The van der Waals surface area contributed by atoms with Crippen molar-refractivity contribution in [3.05, 3.63) is 22.4 Å². The molecule has 0 saturated carbocycles. The second kappa shape index (κ2) is 7.29. The van der Waals surface area contributed by atoms with Gasteiger partial charge in [0, 0.05) is 30.9 Å². The maximum absolute atomic E-state index is 4.48. The first-order valence-electron chi connectivity index (χ1n) is 5.41. The molecule has 3 nitrogen and oxygen atoms in total. The number of hydrogen-bond acceptors (Lipinski definition) is 2. The lowest BCUT2D eigenvalue weighted by Gasteiger charge is -2.08. The molecule has 1 aromatic rings. The van der Waals surface area contributed by atoms with Crippen LogP contribution in [0.5, 0.6) is 0 Å². The third-order valence-electron chi connectivity index (χ3n) is 1.90. The van der Waals surface area contributed by atoms with Crippen LogP contribution in [-0.2, 0) is 6.42 Å². The van der Waals surface area contributed by atoms with E-state index in [0.29, 0.717) is 0 Å². The molecule has 2 N–H and O–H groups in total. The van der Waals surface area contributed by atoms with Gasteiger partial charge in [0.2, 0.25) is 0 Å². The molecule has 1 rings (SSSR count). The molecule has 0 aliphatic heterocycles. The van der Waals surface area contributed by atoms with Gasteiger partial charge in [0.1, 0.15) is 0 Å². The van der Waals surface area contributed by atoms with Gasteiger partial charge in [-0.25, -0.2) is 0 Å². The van der Waals surface area contributed by atoms with E-state index in [9.17, 15) is 0 Å². The molecular weight excluding hydrogens is 206 g/mol. The summed E-state index contributed by atoms with van der Waals surface area (Å²) >= 11 is 1.79. The van der Waals surface area contributed by atoms with Crippen molar-refractivity contribution < 1.29 is 0 Å².